The van der Waals surface area contributed by atoms with E-state index in [1.165, 1.54) is 43.8 Å². The molecule has 5 N–H and O–H groups in total. The molecule has 1 saturated heterocycles. The van der Waals surface area contributed by atoms with Crippen LogP contribution < -0.4 is 26.4 Å². The maximum atomic E-state index is 13.5. The maximum Gasteiger partial charge on any atom is 0.418 e. The molecular formula is C26H25ClF3N5O4. The summed E-state index contributed by atoms with van der Waals surface area (Å²) >= 11 is 6.38. The highest BCUT2D eigenvalue weighted by Crippen LogP contribution is 2.38. The predicted octanol–water partition coefficient (Wildman–Crippen LogP) is 4.29. The van der Waals surface area contributed by atoms with E-state index in [4.69, 9.17) is 26.8 Å². The van der Waals surface area contributed by atoms with Crippen molar-refractivity contribution in [3.8, 4) is 5.75 Å². The zero-order valence-corrected chi connectivity index (χ0v) is 21.4. The first-order valence-electron chi connectivity index (χ1n) is 11.7. The highest BCUT2D eigenvalue weighted by atomic mass is 35.5. The molecule has 1 aliphatic heterocycles. The van der Waals surface area contributed by atoms with Crippen molar-refractivity contribution >= 4 is 40.5 Å². The summed E-state index contributed by atoms with van der Waals surface area (Å²) < 4.78 is 50.9. The van der Waals surface area contributed by atoms with Crippen molar-refractivity contribution in [1.29, 1.82) is 0 Å². The lowest BCUT2D eigenvalue weighted by Crippen LogP contribution is -2.59. The number of rotatable bonds is 8. The van der Waals surface area contributed by atoms with Crippen molar-refractivity contribution in [3.05, 3.63) is 76.6 Å². The third kappa shape index (κ3) is 6.52. The zero-order chi connectivity index (χ0) is 28.2. The summed E-state index contributed by atoms with van der Waals surface area (Å²) in [5.74, 6) is -0.930. The van der Waals surface area contributed by atoms with Crippen LogP contribution in [0.25, 0.3) is 0 Å². The van der Waals surface area contributed by atoms with Crippen molar-refractivity contribution in [2.75, 3.05) is 31.4 Å². The van der Waals surface area contributed by atoms with Crippen molar-refractivity contribution in [2.24, 2.45) is 0 Å². The van der Waals surface area contributed by atoms with Gasteiger partial charge in [0.1, 0.15) is 11.3 Å². The van der Waals surface area contributed by atoms with E-state index in [0.717, 1.165) is 6.07 Å². The van der Waals surface area contributed by atoms with Crippen LogP contribution in [0.15, 0.2) is 54.9 Å². The Kier molecular flexibility index (Phi) is 8.17. The van der Waals surface area contributed by atoms with Gasteiger partial charge >= 0.3 is 6.18 Å². The standard InChI is InChI=1S/C26H25ClF3N5O4/c1-38-19-4-5-22(20(10-19)26(28,29)30)34-18-3-2-15(21(27)9-18)12-33-24(37)25(6-7-39-14-25)35-23(36)16-8-17(31)13-32-11-16/h2-5,8-11,13,34H,6-7,12,14,31H2,1H3,(H,33,37)(H,35,36)/t25-/m0/s1. The molecule has 1 aromatic heterocycles. The Morgan fingerprint density at radius 2 is 1.97 bits per heavy atom. The second kappa shape index (κ2) is 11.4. The summed E-state index contributed by atoms with van der Waals surface area (Å²) in [6, 6.07) is 9.60. The number of nitrogens with one attached hydrogen (secondary N) is 3. The lowest BCUT2D eigenvalue weighted by atomic mass is 9.96. The number of aromatic nitrogens is 1. The number of hydrogen-bond donors (Lipinski definition) is 4. The molecule has 1 aliphatic rings. The van der Waals surface area contributed by atoms with E-state index in [9.17, 15) is 22.8 Å². The molecule has 0 saturated carbocycles. The SMILES string of the molecule is COc1ccc(Nc2ccc(CNC(=O)[C@]3(NC(=O)c4cncc(N)c4)CCOC3)c(Cl)c2)c(C(F)(F)F)c1. The quantitative estimate of drug-likeness (QED) is 0.322. The number of alkyl halides is 3. The van der Waals surface area contributed by atoms with Gasteiger partial charge in [-0.2, -0.15) is 13.2 Å². The molecule has 0 spiro atoms. The molecule has 206 valence electrons. The van der Waals surface area contributed by atoms with Gasteiger partial charge in [-0.05, 0) is 42.0 Å². The minimum absolute atomic E-state index is 0.00570. The number of carbonyl (C=O) groups excluding carboxylic acids is 2. The second-order valence-electron chi connectivity index (χ2n) is 8.87. The monoisotopic (exact) mass is 563 g/mol. The molecular weight excluding hydrogens is 539 g/mol. The maximum absolute atomic E-state index is 13.5. The molecule has 0 unspecified atom stereocenters. The second-order valence-corrected chi connectivity index (χ2v) is 9.28. The molecule has 39 heavy (non-hydrogen) atoms. The van der Waals surface area contributed by atoms with E-state index in [0.29, 0.717) is 16.9 Å². The van der Waals surface area contributed by atoms with Crippen molar-refractivity contribution in [3.63, 3.8) is 0 Å². The van der Waals surface area contributed by atoms with Gasteiger partial charge in [0, 0.05) is 42.7 Å². The topological polar surface area (TPSA) is 128 Å². The van der Waals surface area contributed by atoms with E-state index in [2.05, 4.69) is 20.9 Å². The third-order valence-electron chi connectivity index (χ3n) is 6.13. The fraction of sp³-hybridized carbons (Fsp3) is 0.269. The smallest absolute Gasteiger partial charge is 0.418 e. The van der Waals surface area contributed by atoms with E-state index < -0.39 is 29.1 Å². The van der Waals surface area contributed by atoms with Crippen LogP contribution in [0, 0.1) is 0 Å². The Morgan fingerprint density at radius 3 is 2.62 bits per heavy atom. The Hall–Kier alpha value is -4.03. The molecule has 1 fully saturated rings. The van der Waals surface area contributed by atoms with Gasteiger partial charge in [0.05, 0.1) is 36.2 Å². The number of pyridine rings is 1. The number of nitrogen functional groups attached to an aromatic ring is 1. The number of ether oxygens (including phenoxy) is 2. The summed E-state index contributed by atoms with van der Waals surface area (Å²) in [4.78, 5) is 29.8. The highest BCUT2D eigenvalue weighted by Gasteiger charge is 2.44. The molecule has 0 aliphatic carbocycles. The number of nitrogens with two attached hydrogens (primary N) is 1. The minimum atomic E-state index is -4.61. The summed E-state index contributed by atoms with van der Waals surface area (Å²) in [5, 5.41) is 8.44. The van der Waals surface area contributed by atoms with Crippen molar-refractivity contribution < 1.29 is 32.2 Å². The van der Waals surface area contributed by atoms with Crippen molar-refractivity contribution in [1.82, 2.24) is 15.6 Å². The zero-order valence-electron chi connectivity index (χ0n) is 20.7. The van der Waals surface area contributed by atoms with E-state index >= 15 is 0 Å². The number of anilines is 3. The lowest BCUT2D eigenvalue weighted by Gasteiger charge is -2.27. The van der Waals surface area contributed by atoms with E-state index in [-0.39, 0.29) is 48.2 Å². The molecule has 3 aromatic rings. The number of methoxy groups -OCH3 is 1. The Labute approximate surface area is 226 Å². The first-order valence-corrected chi connectivity index (χ1v) is 12.1. The lowest BCUT2D eigenvalue weighted by molar-refractivity contribution is -0.137. The third-order valence-corrected chi connectivity index (χ3v) is 6.49. The number of benzene rings is 2. The largest absolute Gasteiger partial charge is 0.497 e. The Bertz CT molecular complexity index is 1380. The van der Waals surface area contributed by atoms with Crippen molar-refractivity contribution in [2.45, 2.75) is 24.7 Å². The molecule has 9 nitrogen and oxygen atoms in total. The van der Waals surface area contributed by atoms with Crippen LogP contribution in [0.5, 0.6) is 5.75 Å². The number of nitrogens with zero attached hydrogens (tertiary/aromatic N) is 1. The van der Waals surface area contributed by atoms with Crippen LogP contribution in [0.4, 0.5) is 30.2 Å². The van der Waals surface area contributed by atoms with E-state index in [1.807, 2.05) is 0 Å². The van der Waals surface area contributed by atoms with Crippen LogP contribution >= 0.6 is 11.6 Å². The average molecular weight is 564 g/mol. The number of carbonyl (C=O) groups is 2. The number of amides is 2. The first-order chi connectivity index (χ1) is 18.5. The Morgan fingerprint density at radius 1 is 1.18 bits per heavy atom. The first kappa shape index (κ1) is 28.0. The van der Waals surface area contributed by atoms with Gasteiger partial charge in [0.25, 0.3) is 5.91 Å². The van der Waals surface area contributed by atoms with Gasteiger partial charge in [-0.3, -0.25) is 14.6 Å². The van der Waals surface area contributed by atoms with Crippen LogP contribution in [0.1, 0.15) is 27.9 Å². The fourth-order valence-corrected chi connectivity index (χ4v) is 4.28. The molecule has 4 rings (SSSR count). The van der Waals surface area contributed by atoms with Gasteiger partial charge in [-0.15, -0.1) is 0 Å². The summed E-state index contributed by atoms with van der Waals surface area (Å²) in [6.45, 7) is 0.251. The van der Waals surface area contributed by atoms with Crippen LogP contribution in [0.3, 0.4) is 0 Å². The molecule has 1 atom stereocenters. The fourth-order valence-electron chi connectivity index (χ4n) is 4.03. The molecule has 13 heteroatoms. The highest BCUT2D eigenvalue weighted by molar-refractivity contribution is 6.31. The Balaban J connectivity index is 1.45. The van der Waals surface area contributed by atoms with Gasteiger partial charge in [0.2, 0.25) is 5.91 Å². The van der Waals surface area contributed by atoms with Crippen LogP contribution in [-0.4, -0.2) is 42.7 Å². The summed E-state index contributed by atoms with van der Waals surface area (Å²) in [6.07, 6.45) is -1.62. The number of hydrogen-bond acceptors (Lipinski definition) is 7. The summed E-state index contributed by atoms with van der Waals surface area (Å²) in [5.41, 5.74) is 4.66. The van der Waals surface area contributed by atoms with E-state index in [1.54, 1.807) is 12.1 Å². The molecule has 2 amide bonds. The van der Waals surface area contributed by atoms with Crippen LogP contribution in [0.2, 0.25) is 5.02 Å². The van der Waals surface area contributed by atoms with Crippen LogP contribution in [-0.2, 0) is 22.3 Å². The predicted molar refractivity (Wildman–Crippen MR) is 139 cm³/mol. The molecule has 2 aromatic carbocycles. The number of halogens is 4. The average Bonchev–Trinajstić information content (AvgIpc) is 3.37. The summed E-state index contributed by atoms with van der Waals surface area (Å²) in [7, 11) is 1.28. The normalized spacial score (nSPS) is 16.9. The molecule has 0 bridgehead atoms. The van der Waals surface area contributed by atoms with Gasteiger partial charge in [0.15, 0.2) is 0 Å². The van der Waals surface area contributed by atoms with Gasteiger partial charge in [-0.1, -0.05) is 17.7 Å². The molecule has 2 heterocycles. The van der Waals surface area contributed by atoms with Gasteiger partial charge in [-0.25, -0.2) is 0 Å². The van der Waals surface area contributed by atoms with Gasteiger partial charge < -0.3 is 31.2 Å². The minimum Gasteiger partial charge on any atom is -0.497 e. The molecule has 0 radical (unpaired) electrons.